The smallest absolute Gasteiger partial charge is 0.160 e. The molecule has 23 rings (SSSR count). The van der Waals surface area contributed by atoms with Gasteiger partial charge in [0, 0.05) is 66.1 Å². The highest BCUT2D eigenvalue weighted by Gasteiger charge is 2.42. The molecule has 2 aliphatic carbocycles. The highest BCUT2D eigenvalue weighted by atomic mass is 14.9. The molecule has 0 radical (unpaired) electrons. The Balaban J connectivity index is 0.000000145. The fourth-order valence-corrected chi connectivity index (χ4v) is 19.1. The van der Waals surface area contributed by atoms with E-state index in [1.807, 2.05) is 36.4 Å². The molecule has 6 nitrogen and oxygen atoms in total. The van der Waals surface area contributed by atoms with E-state index in [2.05, 4.69) is 392 Å². The topological polar surface area (TPSA) is 77.3 Å². The van der Waals surface area contributed by atoms with Gasteiger partial charge in [0.05, 0.1) is 45.2 Å². The first-order valence-electron chi connectivity index (χ1n) is 41.3. The summed E-state index contributed by atoms with van der Waals surface area (Å²) in [5, 5.41) is 12.0. The summed E-state index contributed by atoms with van der Waals surface area (Å²) in [5.41, 5.74) is 33.3. The summed E-state index contributed by atoms with van der Waals surface area (Å²) in [7, 11) is 0. The Morgan fingerprint density at radius 2 is 0.483 bits per heavy atom. The van der Waals surface area contributed by atoms with Gasteiger partial charge in [-0.05, 0) is 145 Å². The van der Waals surface area contributed by atoms with Crippen LogP contribution in [-0.4, -0.2) is 29.9 Å². The van der Waals surface area contributed by atoms with E-state index in [0.29, 0.717) is 11.6 Å². The van der Waals surface area contributed by atoms with Crippen LogP contribution in [0.25, 0.3) is 211 Å². The van der Waals surface area contributed by atoms with Crippen molar-refractivity contribution in [1.29, 1.82) is 0 Å². The zero-order valence-electron chi connectivity index (χ0n) is 66.8. The van der Waals surface area contributed by atoms with Crippen molar-refractivity contribution < 1.29 is 0 Å². The van der Waals surface area contributed by atoms with Crippen LogP contribution in [0.1, 0.15) is 49.9 Å². The zero-order chi connectivity index (χ0) is 80.2. The molecule has 4 heterocycles. The zero-order valence-corrected chi connectivity index (χ0v) is 66.8. The standard InChI is InChI=1S/C60H41N3.C54H37N3/c1-60(2)51-24-14-13-23-50(51)58-57(60)55(56-46-20-10-9-17-40(46)33-36-52(56)61-58)43-29-27-41(28-30-43)45-34-35-49(48-22-12-11-21-47(45)48)54-37-53(42-18-7-4-8-19-42)62-59(63-54)44-31-25-39(26-32-44)38-15-5-3-6-16-38;1-54(2)45-24-14-13-23-44(45)52-51(54)49(50-40-20-10-9-15-34(40)29-32-46(50)55-52)37-27-25-35(26-28-37)39-30-31-43(42-22-12-11-21-41(39)42)48-33-47(36-16-5-3-6-17-36)56-53(57-48)38-18-7-4-8-19-38/h3-37H,1-2H3;3-33H,1-2H3. The van der Waals surface area contributed by atoms with Crippen molar-refractivity contribution in [3.8, 4) is 146 Å². The molecule has 2 aliphatic rings. The fourth-order valence-electron chi connectivity index (χ4n) is 19.1. The van der Waals surface area contributed by atoms with E-state index in [1.54, 1.807) is 0 Å². The van der Waals surface area contributed by atoms with Gasteiger partial charge < -0.3 is 0 Å². The lowest BCUT2D eigenvalue weighted by atomic mass is 9.78. The van der Waals surface area contributed by atoms with Crippen LogP contribution in [0.2, 0.25) is 0 Å². The molecule has 6 heteroatoms. The highest BCUT2D eigenvalue weighted by molar-refractivity contribution is 6.18. The van der Waals surface area contributed by atoms with E-state index < -0.39 is 0 Å². The Kier molecular flexibility index (Phi) is 17.2. The van der Waals surface area contributed by atoms with Crippen molar-refractivity contribution in [3.63, 3.8) is 0 Å². The second kappa shape index (κ2) is 28.9. The monoisotopic (exact) mass is 1530 g/mol. The summed E-state index contributed by atoms with van der Waals surface area (Å²) in [6.07, 6.45) is 0. The van der Waals surface area contributed by atoms with E-state index in [0.717, 1.165) is 100 Å². The third kappa shape index (κ3) is 12.1. The average molecular weight is 1530 g/mol. The molecule has 17 aromatic carbocycles. The third-order valence-corrected chi connectivity index (χ3v) is 25.0. The van der Waals surface area contributed by atoms with Crippen molar-refractivity contribution in [1.82, 2.24) is 29.9 Å². The predicted molar refractivity (Wildman–Crippen MR) is 500 cm³/mol. The quantitative estimate of drug-likeness (QED) is 0.120. The molecular weight excluding hydrogens is 1450 g/mol. The molecule has 0 aliphatic heterocycles. The summed E-state index contributed by atoms with van der Waals surface area (Å²) in [6, 6.07) is 143. The van der Waals surface area contributed by atoms with Crippen molar-refractivity contribution >= 4 is 64.9 Å². The van der Waals surface area contributed by atoms with Crippen LogP contribution in [-0.2, 0) is 10.8 Å². The minimum absolute atomic E-state index is 0.216. The molecule has 0 N–H and O–H groups in total. The molecule has 0 saturated heterocycles. The Morgan fingerprint density at radius 1 is 0.192 bits per heavy atom. The first-order valence-corrected chi connectivity index (χ1v) is 41.3. The number of fused-ring (bicyclic) bond motifs is 14. The molecular formula is C114H78N6. The summed E-state index contributed by atoms with van der Waals surface area (Å²) >= 11 is 0. The molecule has 564 valence electrons. The summed E-state index contributed by atoms with van der Waals surface area (Å²) in [4.78, 5) is 31.5. The Hall–Kier alpha value is -15.2. The number of nitrogens with zero attached hydrogens (tertiary/aromatic N) is 6. The molecule has 0 bridgehead atoms. The van der Waals surface area contributed by atoms with E-state index in [9.17, 15) is 0 Å². The number of benzene rings is 17. The summed E-state index contributed by atoms with van der Waals surface area (Å²) < 4.78 is 0. The van der Waals surface area contributed by atoms with Gasteiger partial charge >= 0.3 is 0 Å². The molecule has 0 unspecified atom stereocenters. The summed E-state index contributed by atoms with van der Waals surface area (Å²) in [5.74, 6) is 1.41. The second-order valence-corrected chi connectivity index (χ2v) is 32.7. The minimum Gasteiger partial charge on any atom is -0.247 e. The highest BCUT2D eigenvalue weighted by Crippen LogP contribution is 2.57. The van der Waals surface area contributed by atoms with Crippen LogP contribution in [0.5, 0.6) is 0 Å². The van der Waals surface area contributed by atoms with E-state index in [1.165, 1.54) is 121 Å². The van der Waals surface area contributed by atoms with Crippen molar-refractivity contribution in [2.45, 2.75) is 38.5 Å². The van der Waals surface area contributed by atoms with Gasteiger partial charge in [0.15, 0.2) is 11.6 Å². The third-order valence-electron chi connectivity index (χ3n) is 25.0. The molecule has 0 fully saturated rings. The van der Waals surface area contributed by atoms with Crippen molar-refractivity contribution in [2.75, 3.05) is 0 Å². The van der Waals surface area contributed by atoms with Gasteiger partial charge in [-0.1, -0.05) is 404 Å². The van der Waals surface area contributed by atoms with E-state index >= 15 is 0 Å². The average Bonchev–Trinajstić information content (AvgIpc) is 1.50. The van der Waals surface area contributed by atoms with Gasteiger partial charge in [0.2, 0.25) is 0 Å². The SMILES string of the molecule is CC1(C)c2ccccc2-c2nc3ccc4ccccc4c3c(-c3ccc(-c4ccc(-c5cc(-c6ccccc6)nc(-c6ccc(-c7ccccc7)cc6)n5)c5ccccc45)cc3)c21.CC1(C)c2ccccc2-c2nc3ccc4ccccc4c3c(-c3ccc(-c4ccc(-c5cc(-c6ccccc6)nc(-c6ccccc6)n5)c5ccccc45)cc3)c21. The number of hydrogen-bond acceptors (Lipinski definition) is 6. The van der Waals surface area contributed by atoms with Crippen molar-refractivity contribution in [3.05, 3.63) is 423 Å². The van der Waals surface area contributed by atoms with Crippen molar-refractivity contribution in [2.24, 2.45) is 0 Å². The van der Waals surface area contributed by atoms with Crippen LogP contribution in [0.3, 0.4) is 0 Å². The second-order valence-electron chi connectivity index (χ2n) is 32.7. The predicted octanol–water partition coefficient (Wildman–Crippen LogP) is 29.6. The lowest BCUT2D eigenvalue weighted by molar-refractivity contribution is 0.661. The van der Waals surface area contributed by atoms with E-state index in [-0.39, 0.29) is 10.8 Å². The number of hydrogen-bond donors (Lipinski definition) is 0. The van der Waals surface area contributed by atoms with Gasteiger partial charge in [-0.3, -0.25) is 0 Å². The molecule has 21 aromatic rings. The molecule has 0 atom stereocenters. The van der Waals surface area contributed by atoms with Gasteiger partial charge in [0.25, 0.3) is 0 Å². The maximum Gasteiger partial charge on any atom is 0.160 e. The van der Waals surface area contributed by atoms with Gasteiger partial charge in [-0.15, -0.1) is 0 Å². The maximum atomic E-state index is 5.41. The molecule has 0 amide bonds. The largest absolute Gasteiger partial charge is 0.247 e. The number of rotatable bonds is 11. The molecule has 0 spiro atoms. The Labute approximate surface area is 697 Å². The normalized spacial score (nSPS) is 12.8. The van der Waals surface area contributed by atoms with Gasteiger partial charge in [-0.25, -0.2) is 29.9 Å². The van der Waals surface area contributed by atoms with Crippen LogP contribution >= 0.6 is 0 Å². The number of pyridine rings is 2. The lowest BCUT2D eigenvalue weighted by Crippen LogP contribution is -2.16. The summed E-state index contributed by atoms with van der Waals surface area (Å²) in [6.45, 7) is 9.41. The van der Waals surface area contributed by atoms with Crippen LogP contribution in [0, 0.1) is 0 Å². The van der Waals surface area contributed by atoms with E-state index in [4.69, 9.17) is 29.9 Å². The van der Waals surface area contributed by atoms with Crippen LogP contribution in [0.4, 0.5) is 0 Å². The first-order chi connectivity index (χ1) is 59.0. The van der Waals surface area contributed by atoms with Crippen LogP contribution in [0.15, 0.2) is 400 Å². The fraction of sp³-hybridized carbons (Fsp3) is 0.0526. The van der Waals surface area contributed by atoms with Gasteiger partial charge in [-0.2, -0.15) is 0 Å². The van der Waals surface area contributed by atoms with Gasteiger partial charge in [0.1, 0.15) is 0 Å². The molecule has 4 aromatic heterocycles. The lowest BCUT2D eigenvalue weighted by Gasteiger charge is -2.26. The maximum absolute atomic E-state index is 5.41. The first kappa shape index (κ1) is 71.3. The number of aromatic nitrogens is 6. The molecule has 0 saturated carbocycles. The Bertz CT molecular complexity index is 7590. The molecule has 120 heavy (non-hydrogen) atoms. The van der Waals surface area contributed by atoms with Crippen LogP contribution < -0.4 is 0 Å². The Morgan fingerprint density at radius 3 is 0.900 bits per heavy atom. The minimum atomic E-state index is -0.225.